The molecule has 4 aromatic rings. The van der Waals surface area contributed by atoms with Crippen molar-refractivity contribution in [2.75, 3.05) is 20.8 Å². The molecule has 3 heterocycles. The molecule has 180 valence electrons. The van der Waals surface area contributed by atoms with Crippen LogP contribution in [0.1, 0.15) is 42.1 Å². The second kappa shape index (κ2) is 8.80. The Balaban J connectivity index is 1.27. The Morgan fingerprint density at radius 2 is 1.91 bits per heavy atom. The Kier molecular flexibility index (Phi) is 5.47. The summed E-state index contributed by atoms with van der Waals surface area (Å²) in [5, 5.41) is 5.30. The van der Waals surface area contributed by atoms with E-state index in [-0.39, 0.29) is 0 Å². The predicted octanol–water partition coefficient (Wildman–Crippen LogP) is 5.94. The van der Waals surface area contributed by atoms with Gasteiger partial charge in [0.05, 0.1) is 38.8 Å². The largest absolute Gasteiger partial charge is 0.496 e. The van der Waals surface area contributed by atoms with Gasteiger partial charge in [0.25, 0.3) is 0 Å². The minimum absolute atomic E-state index is 0.481. The van der Waals surface area contributed by atoms with Crippen LogP contribution in [0, 0.1) is 12.8 Å². The van der Waals surface area contributed by atoms with E-state index in [0.29, 0.717) is 47.9 Å². The van der Waals surface area contributed by atoms with Crippen molar-refractivity contribution in [3.63, 3.8) is 0 Å². The van der Waals surface area contributed by atoms with Crippen molar-refractivity contribution < 1.29 is 18.6 Å². The minimum atomic E-state index is 0.481. The van der Waals surface area contributed by atoms with Gasteiger partial charge in [-0.15, -0.1) is 5.10 Å². The van der Waals surface area contributed by atoms with Crippen molar-refractivity contribution in [1.29, 1.82) is 0 Å². The summed E-state index contributed by atoms with van der Waals surface area (Å²) in [5.74, 6) is 4.64. The summed E-state index contributed by atoms with van der Waals surface area (Å²) in [6.45, 7) is 2.79. The first-order valence-electron chi connectivity index (χ1n) is 12.1. The van der Waals surface area contributed by atoms with Gasteiger partial charge in [0.2, 0.25) is 5.90 Å². The second-order valence-electron chi connectivity index (χ2n) is 9.43. The van der Waals surface area contributed by atoms with Crippen LogP contribution < -0.4 is 9.47 Å². The van der Waals surface area contributed by atoms with Crippen LogP contribution in [0.5, 0.6) is 11.5 Å². The van der Waals surface area contributed by atoms with E-state index in [9.17, 15) is 0 Å². The van der Waals surface area contributed by atoms with Gasteiger partial charge in [0.1, 0.15) is 28.6 Å². The van der Waals surface area contributed by atoms with Gasteiger partial charge in [0, 0.05) is 12.1 Å². The molecule has 1 aliphatic heterocycles. The first-order valence-corrected chi connectivity index (χ1v) is 12.1. The van der Waals surface area contributed by atoms with Crippen LogP contribution in [0.4, 0.5) is 0 Å². The predicted molar refractivity (Wildman–Crippen MR) is 134 cm³/mol. The van der Waals surface area contributed by atoms with Gasteiger partial charge in [-0.05, 0) is 43.2 Å². The number of hydrogen-bond acceptors (Lipinski definition) is 6. The number of benzene rings is 2. The van der Waals surface area contributed by atoms with E-state index in [1.165, 1.54) is 30.4 Å². The molecule has 7 nitrogen and oxygen atoms in total. The fraction of sp³-hybridized carbons (Fsp3) is 0.357. The summed E-state index contributed by atoms with van der Waals surface area (Å²) in [4.78, 5) is 4.69. The molecule has 0 spiro atoms. The smallest absolute Gasteiger partial charge is 0.214 e. The molecule has 2 atom stereocenters. The quantitative estimate of drug-likeness (QED) is 0.348. The minimum Gasteiger partial charge on any atom is -0.496 e. The molecule has 0 bridgehead atoms. The highest BCUT2D eigenvalue weighted by Crippen LogP contribution is 2.42. The van der Waals surface area contributed by atoms with Crippen LogP contribution in [-0.4, -0.2) is 36.4 Å². The number of imidazole rings is 1. The molecule has 2 aromatic carbocycles. The average Bonchev–Trinajstić information content (AvgIpc) is 3.64. The van der Waals surface area contributed by atoms with Crippen LogP contribution in [0.3, 0.4) is 0 Å². The highest BCUT2D eigenvalue weighted by Gasteiger charge is 2.29. The number of ether oxygens (including phenoxy) is 3. The van der Waals surface area contributed by atoms with Gasteiger partial charge in [-0.2, -0.15) is 0 Å². The summed E-state index contributed by atoms with van der Waals surface area (Å²) < 4.78 is 25.1. The lowest BCUT2D eigenvalue weighted by Crippen LogP contribution is -2.15. The third-order valence-corrected chi connectivity index (χ3v) is 7.20. The zero-order chi connectivity index (χ0) is 23.9. The summed E-state index contributed by atoms with van der Waals surface area (Å²) >= 11 is 0. The molecule has 0 amide bonds. The summed E-state index contributed by atoms with van der Waals surface area (Å²) in [6, 6.07) is 14.8. The topological polar surface area (TPSA) is 71.0 Å². The first kappa shape index (κ1) is 21.8. The van der Waals surface area contributed by atoms with Crippen molar-refractivity contribution in [2.45, 2.75) is 38.5 Å². The zero-order valence-electron chi connectivity index (χ0n) is 20.3. The molecule has 35 heavy (non-hydrogen) atoms. The number of furan rings is 1. The lowest BCUT2D eigenvalue weighted by Gasteiger charge is -2.21. The molecule has 7 heteroatoms. The maximum absolute atomic E-state index is 6.46. The van der Waals surface area contributed by atoms with E-state index in [4.69, 9.17) is 18.6 Å². The molecule has 1 unspecified atom stereocenters. The number of nitrogens with zero attached hydrogens (tertiary/aromatic N) is 3. The molecule has 1 fully saturated rings. The van der Waals surface area contributed by atoms with Gasteiger partial charge in [0.15, 0.2) is 5.76 Å². The molecular weight excluding hydrogens is 442 g/mol. The molecule has 0 N–H and O–H groups in total. The molecule has 0 saturated heterocycles. The third-order valence-electron chi connectivity index (χ3n) is 7.20. The van der Waals surface area contributed by atoms with Crippen molar-refractivity contribution in [3.8, 4) is 23.0 Å². The van der Waals surface area contributed by atoms with Crippen molar-refractivity contribution in [2.24, 2.45) is 11.0 Å². The molecule has 1 aliphatic carbocycles. The Bertz CT molecular complexity index is 1400. The fourth-order valence-electron chi connectivity index (χ4n) is 5.27. The average molecular weight is 472 g/mol. The molecule has 2 aromatic heterocycles. The molecule has 2 aliphatic rings. The number of methoxy groups -OCH3 is 2. The lowest BCUT2D eigenvalue weighted by atomic mass is 9.89. The third kappa shape index (κ3) is 4.05. The Labute approximate surface area is 204 Å². The van der Waals surface area contributed by atoms with Gasteiger partial charge in [-0.3, -0.25) is 0 Å². The Hall–Kier alpha value is -3.74. The van der Waals surface area contributed by atoms with E-state index in [1.54, 1.807) is 18.9 Å². The SMILES string of the molecule is COC1=Nn2cc(-c3cc4c(OC[C@H]5CCCC5c5ccc(C)cc5)cc(OC)cc4o3)nc2C1. The van der Waals surface area contributed by atoms with Crippen LogP contribution in [-0.2, 0) is 11.2 Å². The van der Waals surface area contributed by atoms with Crippen molar-refractivity contribution in [1.82, 2.24) is 9.66 Å². The maximum atomic E-state index is 6.46. The second-order valence-corrected chi connectivity index (χ2v) is 9.43. The van der Waals surface area contributed by atoms with Crippen molar-refractivity contribution in [3.05, 3.63) is 65.6 Å². The van der Waals surface area contributed by atoms with E-state index < -0.39 is 0 Å². The van der Waals surface area contributed by atoms with Crippen molar-refractivity contribution >= 4 is 16.9 Å². The van der Waals surface area contributed by atoms with Gasteiger partial charge in [-0.1, -0.05) is 36.2 Å². The van der Waals surface area contributed by atoms with Gasteiger partial charge in [-0.25, -0.2) is 9.66 Å². The van der Waals surface area contributed by atoms with Gasteiger partial charge >= 0.3 is 0 Å². The van der Waals surface area contributed by atoms with Crippen LogP contribution in [0.25, 0.3) is 22.4 Å². The number of aromatic nitrogens is 2. The Morgan fingerprint density at radius 1 is 1.06 bits per heavy atom. The molecule has 6 rings (SSSR count). The first-order chi connectivity index (χ1) is 17.1. The normalized spacial score (nSPS) is 19.1. The van der Waals surface area contributed by atoms with Crippen LogP contribution in [0.15, 0.2) is 58.2 Å². The summed E-state index contributed by atoms with van der Waals surface area (Å²) in [5.41, 5.74) is 4.15. The molecule has 1 saturated carbocycles. The number of rotatable bonds is 6. The maximum Gasteiger partial charge on any atom is 0.214 e. The number of aryl methyl sites for hydroxylation is 1. The van der Waals surface area contributed by atoms with Gasteiger partial charge < -0.3 is 18.6 Å². The van der Waals surface area contributed by atoms with E-state index >= 15 is 0 Å². The standard InChI is InChI=1S/C28H29N3O4/c1-17-7-9-18(10-8-17)21-6-4-5-19(21)16-34-24-11-20(32-2)12-25-22(24)13-26(35-25)23-15-31-27(29-23)14-28(30-31)33-3/h7-13,15,19,21H,4-6,14,16H2,1-3H3/t19-,21?/m1/s1. The van der Waals surface area contributed by atoms with E-state index in [2.05, 4.69) is 41.3 Å². The molecular formula is C28H29N3O4. The monoisotopic (exact) mass is 471 g/mol. The summed E-state index contributed by atoms with van der Waals surface area (Å²) in [6.07, 6.45) is 6.05. The fourth-order valence-corrected chi connectivity index (χ4v) is 5.27. The lowest BCUT2D eigenvalue weighted by molar-refractivity contribution is 0.240. The van der Waals surface area contributed by atoms with E-state index in [0.717, 1.165) is 22.7 Å². The number of hydrogen-bond donors (Lipinski definition) is 0. The summed E-state index contributed by atoms with van der Waals surface area (Å²) in [7, 11) is 3.28. The van der Waals surface area contributed by atoms with Crippen LogP contribution in [0.2, 0.25) is 0 Å². The molecule has 0 radical (unpaired) electrons. The Morgan fingerprint density at radius 3 is 2.69 bits per heavy atom. The highest BCUT2D eigenvalue weighted by atomic mass is 16.5. The number of fused-ring (bicyclic) bond motifs is 2. The highest BCUT2D eigenvalue weighted by molar-refractivity contribution is 5.89. The van der Waals surface area contributed by atoms with Crippen LogP contribution >= 0.6 is 0 Å². The van der Waals surface area contributed by atoms with E-state index in [1.807, 2.05) is 24.4 Å². The zero-order valence-corrected chi connectivity index (χ0v) is 20.3.